The molecule has 10 heteroatoms. The molecule has 9 nitrogen and oxygen atoms in total. The average Bonchev–Trinajstić information content (AvgIpc) is 3.77. The van der Waals surface area contributed by atoms with Crippen LogP contribution >= 0.6 is 11.6 Å². The monoisotopic (exact) mass is 556 g/mol. The summed E-state index contributed by atoms with van der Waals surface area (Å²) in [6, 6.07) is 12.3. The number of carbonyl (C=O) groups is 3. The third kappa shape index (κ3) is 7.94. The summed E-state index contributed by atoms with van der Waals surface area (Å²) in [5.41, 5.74) is 1.86. The second kappa shape index (κ2) is 13.8. The van der Waals surface area contributed by atoms with Gasteiger partial charge in [0.15, 0.2) is 0 Å². The molecule has 2 aromatic rings. The standard InChI is InChI=1S/C29H37ClN4O5/c1-34-24(18-35)28(37)33-23(17-19-8-12-22(30)13-9-19)27(36)32-14-4-6-20-5-2-3-7-25(20)39-16-15-31-26(29(34)38)21-10-11-21/h2-3,5,7-9,12-13,21,23-24,26,31,35H,4,6,10-11,14-18H2,1H3,(H,32,36)(H,33,37)/t23-,24+,26+/m1/s1. The first kappa shape index (κ1) is 28.9. The highest BCUT2D eigenvalue weighted by Crippen LogP contribution is 2.33. The van der Waals surface area contributed by atoms with E-state index in [1.54, 1.807) is 24.3 Å². The van der Waals surface area contributed by atoms with Crippen molar-refractivity contribution in [1.29, 1.82) is 0 Å². The number of nitrogens with one attached hydrogen (secondary N) is 3. The van der Waals surface area contributed by atoms with Crippen molar-refractivity contribution in [3.8, 4) is 5.75 Å². The summed E-state index contributed by atoms with van der Waals surface area (Å²) >= 11 is 6.02. The number of para-hydroxylation sites is 1. The fraction of sp³-hybridized carbons (Fsp3) is 0.483. The number of aryl methyl sites for hydroxylation is 1. The van der Waals surface area contributed by atoms with Crippen LogP contribution in [-0.2, 0) is 27.2 Å². The van der Waals surface area contributed by atoms with E-state index < -0.39 is 30.6 Å². The first-order valence-corrected chi connectivity index (χ1v) is 13.9. The molecule has 0 radical (unpaired) electrons. The van der Waals surface area contributed by atoms with Gasteiger partial charge in [0.25, 0.3) is 0 Å². The number of benzene rings is 2. The molecule has 1 aliphatic heterocycles. The van der Waals surface area contributed by atoms with Gasteiger partial charge in [0.2, 0.25) is 17.7 Å². The first-order valence-electron chi connectivity index (χ1n) is 13.5. The molecule has 4 rings (SSSR count). The Morgan fingerprint density at radius 3 is 2.49 bits per heavy atom. The molecule has 210 valence electrons. The number of carbonyl (C=O) groups excluding carboxylic acids is 3. The van der Waals surface area contributed by atoms with Gasteiger partial charge in [-0.05, 0) is 60.9 Å². The second-order valence-corrected chi connectivity index (χ2v) is 10.6. The minimum atomic E-state index is -1.14. The van der Waals surface area contributed by atoms with Gasteiger partial charge in [-0.2, -0.15) is 0 Å². The van der Waals surface area contributed by atoms with Gasteiger partial charge in [-0.15, -0.1) is 0 Å². The van der Waals surface area contributed by atoms with Crippen molar-refractivity contribution in [1.82, 2.24) is 20.9 Å². The van der Waals surface area contributed by atoms with Gasteiger partial charge in [-0.25, -0.2) is 0 Å². The van der Waals surface area contributed by atoms with E-state index in [2.05, 4.69) is 16.0 Å². The van der Waals surface area contributed by atoms with Gasteiger partial charge in [-0.3, -0.25) is 14.4 Å². The summed E-state index contributed by atoms with van der Waals surface area (Å²) in [5, 5.41) is 19.7. The first-order chi connectivity index (χ1) is 18.9. The van der Waals surface area contributed by atoms with Crippen LogP contribution in [0.15, 0.2) is 48.5 Å². The smallest absolute Gasteiger partial charge is 0.245 e. The van der Waals surface area contributed by atoms with Crippen molar-refractivity contribution < 1.29 is 24.2 Å². The van der Waals surface area contributed by atoms with E-state index >= 15 is 0 Å². The Labute approximate surface area is 234 Å². The molecule has 2 aliphatic rings. The topological polar surface area (TPSA) is 120 Å². The number of halogens is 1. The van der Waals surface area contributed by atoms with Gasteiger partial charge in [-0.1, -0.05) is 41.9 Å². The molecule has 0 spiro atoms. The molecule has 1 saturated carbocycles. The zero-order valence-electron chi connectivity index (χ0n) is 22.2. The SMILES string of the molecule is CN1C(=O)[C@H](C2CC2)NCCOc2ccccc2CCCNC(=O)[C@@H](Cc2ccc(Cl)cc2)NC(=O)[C@@H]1CO. The molecule has 1 heterocycles. The molecular formula is C29H37ClN4O5. The molecule has 4 N–H and O–H groups in total. The molecule has 0 aromatic heterocycles. The number of nitrogens with zero attached hydrogens (tertiary/aromatic N) is 1. The third-order valence-electron chi connectivity index (χ3n) is 7.25. The van der Waals surface area contributed by atoms with E-state index in [0.29, 0.717) is 37.6 Å². The average molecular weight is 557 g/mol. The van der Waals surface area contributed by atoms with Crippen LogP contribution in [0, 0.1) is 5.92 Å². The molecule has 39 heavy (non-hydrogen) atoms. The predicted octanol–water partition coefficient (Wildman–Crippen LogP) is 1.70. The molecular weight excluding hydrogens is 520 g/mol. The summed E-state index contributed by atoms with van der Waals surface area (Å²) in [6.07, 6.45) is 3.46. The van der Waals surface area contributed by atoms with Crippen molar-refractivity contribution in [2.75, 3.05) is 33.4 Å². The van der Waals surface area contributed by atoms with Gasteiger partial charge >= 0.3 is 0 Å². The van der Waals surface area contributed by atoms with Gasteiger partial charge in [0, 0.05) is 31.6 Å². The van der Waals surface area contributed by atoms with Crippen LogP contribution in [0.2, 0.25) is 5.02 Å². The van der Waals surface area contributed by atoms with Crippen LogP contribution < -0.4 is 20.7 Å². The summed E-state index contributed by atoms with van der Waals surface area (Å²) in [4.78, 5) is 41.3. The number of aliphatic hydroxyl groups excluding tert-OH is 1. The Morgan fingerprint density at radius 2 is 1.77 bits per heavy atom. The summed E-state index contributed by atoms with van der Waals surface area (Å²) < 4.78 is 6.03. The number of ether oxygens (including phenoxy) is 1. The highest BCUT2D eigenvalue weighted by atomic mass is 35.5. The van der Waals surface area contributed by atoms with E-state index in [1.807, 2.05) is 24.3 Å². The molecule has 0 saturated heterocycles. The maximum atomic E-state index is 13.4. The Balaban J connectivity index is 1.56. The highest BCUT2D eigenvalue weighted by Gasteiger charge is 2.40. The summed E-state index contributed by atoms with van der Waals surface area (Å²) in [7, 11) is 1.51. The van der Waals surface area contributed by atoms with E-state index in [9.17, 15) is 19.5 Å². The van der Waals surface area contributed by atoms with Crippen LogP contribution in [0.1, 0.15) is 30.4 Å². The van der Waals surface area contributed by atoms with E-state index in [-0.39, 0.29) is 24.2 Å². The minimum absolute atomic E-state index is 0.170. The van der Waals surface area contributed by atoms with Gasteiger partial charge in [0.05, 0.1) is 12.6 Å². The molecule has 3 atom stereocenters. The maximum absolute atomic E-state index is 13.4. The lowest BCUT2D eigenvalue weighted by molar-refractivity contribution is -0.143. The number of aliphatic hydroxyl groups is 1. The molecule has 1 aliphatic carbocycles. The van der Waals surface area contributed by atoms with Crippen LogP contribution in [0.5, 0.6) is 5.75 Å². The van der Waals surface area contributed by atoms with E-state index in [1.165, 1.54) is 11.9 Å². The third-order valence-corrected chi connectivity index (χ3v) is 7.51. The number of fused-ring (bicyclic) bond motifs is 1. The van der Waals surface area contributed by atoms with Crippen molar-refractivity contribution in [2.24, 2.45) is 5.92 Å². The van der Waals surface area contributed by atoms with Gasteiger partial charge < -0.3 is 30.7 Å². The second-order valence-electron chi connectivity index (χ2n) is 10.2. The highest BCUT2D eigenvalue weighted by molar-refractivity contribution is 6.30. The molecule has 3 amide bonds. The van der Waals surface area contributed by atoms with Crippen molar-refractivity contribution in [2.45, 2.75) is 50.2 Å². The Bertz CT molecular complexity index is 1140. The molecule has 1 fully saturated rings. The lowest BCUT2D eigenvalue weighted by Crippen LogP contribution is -2.58. The van der Waals surface area contributed by atoms with Crippen molar-refractivity contribution in [3.63, 3.8) is 0 Å². The van der Waals surface area contributed by atoms with Crippen LogP contribution in [0.4, 0.5) is 0 Å². The number of hydrogen-bond acceptors (Lipinski definition) is 6. The number of hydrogen-bond donors (Lipinski definition) is 4. The predicted molar refractivity (Wildman–Crippen MR) is 149 cm³/mol. The minimum Gasteiger partial charge on any atom is -0.492 e. The zero-order valence-corrected chi connectivity index (χ0v) is 23.0. The van der Waals surface area contributed by atoms with Gasteiger partial charge in [0.1, 0.15) is 24.4 Å². The Morgan fingerprint density at radius 1 is 1.03 bits per heavy atom. The number of rotatable bonds is 4. The Hall–Kier alpha value is -3.14. The molecule has 2 aromatic carbocycles. The van der Waals surface area contributed by atoms with Crippen molar-refractivity contribution in [3.05, 3.63) is 64.7 Å². The fourth-order valence-electron chi connectivity index (χ4n) is 4.81. The largest absolute Gasteiger partial charge is 0.492 e. The molecule has 0 bridgehead atoms. The summed E-state index contributed by atoms with van der Waals surface area (Å²) in [6.45, 7) is 0.682. The van der Waals surface area contributed by atoms with E-state index in [0.717, 1.165) is 29.7 Å². The normalized spacial score (nSPS) is 24.0. The fourth-order valence-corrected chi connectivity index (χ4v) is 4.94. The quantitative estimate of drug-likeness (QED) is 0.455. The van der Waals surface area contributed by atoms with E-state index in [4.69, 9.17) is 16.3 Å². The Kier molecular flexibility index (Phi) is 10.2. The van der Waals surface area contributed by atoms with Crippen molar-refractivity contribution >= 4 is 29.3 Å². The lowest BCUT2D eigenvalue weighted by atomic mass is 10.0. The maximum Gasteiger partial charge on any atom is 0.245 e. The lowest BCUT2D eigenvalue weighted by Gasteiger charge is -2.31. The summed E-state index contributed by atoms with van der Waals surface area (Å²) in [5.74, 6) is -0.246. The number of amides is 3. The van der Waals surface area contributed by atoms with Crippen LogP contribution in [-0.4, -0.2) is 79.2 Å². The zero-order chi connectivity index (χ0) is 27.8. The molecule has 0 unspecified atom stereocenters. The number of likely N-dealkylation sites (N-methyl/N-ethyl adjacent to an activating group) is 1. The van der Waals surface area contributed by atoms with Crippen LogP contribution in [0.25, 0.3) is 0 Å². The van der Waals surface area contributed by atoms with Crippen LogP contribution in [0.3, 0.4) is 0 Å².